The topological polar surface area (TPSA) is 87.7 Å². The standard InChI is InChI=1S/C21H26N2O4/c1-21(2,3)16-8-10-18(11-9-16)27-13-5-12-22-20(26)23-17-7-4-6-15(14-17)19(24)25/h4,6-11,14H,5,12-13H2,1-3H3,(H,24,25)(H2,22,23,26). The van der Waals surface area contributed by atoms with E-state index < -0.39 is 5.97 Å². The van der Waals surface area contributed by atoms with Crippen molar-refractivity contribution in [1.29, 1.82) is 0 Å². The summed E-state index contributed by atoms with van der Waals surface area (Å²) in [6, 6.07) is 13.7. The van der Waals surface area contributed by atoms with Crippen LogP contribution < -0.4 is 15.4 Å². The number of aromatic carboxylic acids is 1. The van der Waals surface area contributed by atoms with Gasteiger partial charge in [-0.15, -0.1) is 0 Å². The molecule has 0 spiro atoms. The second-order valence-corrected chi connectivity index (χ2v) is 7.24. The van der Waals surface area contributed by atoms with Crippen LogP contribution in [0.4, 0.5) is 10.5 Å². The minimum Gasteiger partial charge on any atom is -0.494 e. The molecule has 144 valence electrons. The Bertz CT molecular complexity index is 780. The van der Waals surface area contributed by atoms with Crippen molar-refractivity contribution in [2.24, 2.45) is 0 Å². The molecule has 6 nitrogen and oxygen atoms in total. The fourth-order valence-electron chi connectivity index (χ4n) is 2.42. The normalized spacial score (nSPS) is 10.9. The summed E-state index contributed by atoms with van der Waals surface area (Å²) in [4.78, 5) is 22.8. The van der Waals surface area contributed by atoms with Crippen LogP contribution >= 0.6 is 0 Å². The van der Waals surface area contributed by atoms with Crippen LogP contribution in [0.25, 0.3) is 0 Å². The van der Waals surface area contributed by atoms with Gasteiger partial charge in [0.15, 0.2) is 0 Å². The Balaban J connectivity index is 1.68. The van der Waals surface area contributed by atoms with Crippen molar-refractivity contribution in [3.05, 3.63) is 59.7 Å². The lowest BCUT2D eigenvalue weighted by Gasteiger charge is -2.19. The number of ether oxygens (including phenoxy) is 1. The number of hydrogen-bond donors (Lipinski definition) is 3. The summed E-state index contributed by atoms with van der Waals surface area (Å²) in [6.07, 6.45) is 0.656. The first kappa shape index (κ1) is 20.3. The average molecular weight is 370 g/mol. The third-order valence-electron chi connectivity index (χ3n) is 3.96. The Morgan fingerprint density at radius 2 is 1.78 bits per heavy atom. The Morgan fingerprint density at radius 3 is 2.41 bits per heavy atom. The molecule has 27 heavy (non-hydrogen) atoms. The number of carbonyl (C=O) groups is 2. The molecule has 0 saturated carbocycles. The Kier molecular flexibility index (Phi) is 6.82. The van der Waals surface area contributed by atoms with E-state index in [1.165, 1.54) is 17.7 Å². The van der Waals surface area contributed by atoms with Crippen LogP contribution in [0.5, 0.6) is 5.75 Å². The van der Waals surface area contributed by atoms with Crippen LogP contribution in [0.3, 0.4) is 0 Å². The average Bonchev–Trinajstić information content (AvgIpc) is 2.61. The van der Waals surface area contributed by atoms with E-state index in [1.807, 2.05) is 12.1 Å². The van der Waals surface area contributed by atoms with Gasteiger partial charge in [-0.1, -0.05) is 39.0 Å². The highest BCUT2D eigenvalue weighted by Crippen LogP contribution is 2.24. The molecular weight excluding hydrogens is 344 g/mol. The molecule has 2 aromatic rings. The van der Waals surface area contributed by atoms with Gasteiger partial charge in [-0.2, -0.15) is 0 Å². The molecule has 0 aliphatic heterocycles. The van der Waals surface area contributed by atoms with Gasteiger partial charge in [0, 0.05) is 12.2 Å². The first-order valence-corrected chi connectivity index (χ1v) is 8.87. The van der Waals surface area contributed by atoms with Crippen LogP contribution in [0, 0.1) is 0 Å². The Labute approximate surface area is 159 Å². The van der Waals surface area contributed by atoms with E-state index in [0.29, 0.717) is 25.3 Å². The predicted octanol–water partition coefficient (Wildman–Crippen LogP) is 4.27. The van der Waals surface area contributed by atoms with Gasteiger partial charge < -0.3 is 20.5 Å². The van der Waals surface area contributed by atoms with Crippen molar-refractivity contribution in [3.8, 4) is 5.75 Å². The third kappa shape index (κ3) is 6.66. The Hall–Kier alpha value is -3.02. The van der Waals surface area contributed by atoms with Gasteiger partial charge in [-0.25, -0.2) is 9.59 Å². The molecule has 0 atom stereocenters. The number of nitrogens with one attached hydrogen (secondary N) is 2. The lowest BCUT2D eigenvalue weighted by atomic mass is 9.87. The summed E-state index contributed by atoms with van der Waals surface area (Å²) in [5.41, 5.74) is 1.92. The second kappa shape index (κ2) is 9.07. The molecule has 2 rings (SSSR count). The summed E-state index contributed by atoms with van der Waals surface area (Å²) in [7, 11) is 0. The van der Waals surface area contributed by atoms with Gasteiger partial charge in [-0.05, 0) is 47.7 Å². The molecule has 0 bridgehead atoms. The van der Waals surface area contributed by atoms with E-state index in [-0.39, 0.29) is 17.0 Å². The van der Waals surface area contributed by atoms with Crippen molar-refractivity contribution < 1.29 is 19.4 Å². The predicted molar refractivity (Wildman–Crippen MR) is 106 cm³/mol. The molecule has 2 aromatic carbocycles. The summed E-state index contributed by atoms with van der Waals surface area (Å²) in [6.45, 7) is 7.43. The van der Waals surface area contributed by atoms with E-state index >= 15 is 0 Å². The number of amides is 2. The van der Waals surface area contributed by atoms with Crippen molar-refractivity contribution in [3.63, 3.8) is 0 Å². The monoisotopic (exact) mass is 370 g/mol. The number of rotatable bonds is 7. The molecule has 0 aliphatic rings. The van der Waals surface area contributed by atoms with Crippen molar-refractivity contribution in [2.45, 2.75) is 32.6 Å². The van der Waals surface area contributed by atoms with Crippen LogP contribution in [0.1, 0.15) is 43.1 Å². The van der Waals surface area contributed by atoms with E-state index in [0.717, 1.165) is 5.75 Å². The summed E-state index contributed by atoms with van der Waals surface area (Å²) in [5.74, 6) is -0.232. The van der Waals surface area contributed by atoms with E-state index in [2.05, 4.69) is 43.5 Å². The molecule has 0 aliphatic carbocycles. The third-order valence-corrected chi connectivity index (χ3v) is 3.96. The fourth-order valence-corrected chi connectivity index (χ4v) is 2.42. The lowest BCUT2D eigenvalue weighted by molar-refractivity contribution is 0.0697. The van der Waals surface area contributed by atoms with E-state index in [1.54, 1.807) is 12.1 Å². The number of carboxylic acids is 1. The van der Waals surface area contributed by atoms with Gasteiger partial charge in [0.25, 0.3) is 0 Å². The highest BCUT2D eigenvalue weighted by Gasteiger charge is 2.12. The van der Waals surface area contributed by atoms with E-state index in [9.17, 15) is 9.59 Å². The van der Waals surface area contributed by atoms with E-state index in [4.69, 9.17) is 9.84 Å². The maximum absolute atomic E-state index is 11.8. The fraction of sp³-hybridized carbons (Fsp3) is 0.333. The maximum atomic E-state index is 11.8. The highest BCUT2D eigenvalue weighted by atomic mass is 16.5. The molecule has 0 radical (unpaired) electrons. The van der Waals surface area contributed by atoms with Crippen molar-refractivity contribution >= 4 is 17.7 Å². The van der Waals surface area contributed by atoms with Crippen molar-refractivity contribution in [1.82, 2.24) is 5.32 Å². The zero-order valence-electron chi connectivity index (χ0n) is 15.9. The number of benzene rings is 2. The number of urea groups is 1. The van der Waals surface area contributed by atoms with Crippen LogP contribution in [0.15, 0.2) is 48.5 Å². The molecule has 0 unspecified atom stereocenters. The number of hydrogen-bond acceptors (Lipinski definition) is 3. The van der Waals surface area contributed by atoms with Gasteiger partial charge >= 0.3 is 12.0 Å². The highest BCUT2D eigenvalue weighted by molar-refractivity contribution is 5.93. The number of anilines is 1. The molecule has 0 heterocycles. The van der Waals surface area contributed by atoms with Crippen LogP contribution in [-0.2, 0) is 5.41 Å². The minimum absolute atomic E-state index is 0.111. The molecular formula is C21H26N2O4. The van der Waals surface area contributed by atoms with Gasteiger partial charge in [0.2, 0.25) is 0 Å². The minimum atomic E-state index is -1.04. The smallest absolute Gasteiger partial charge is 0.335 e. The number of carboxylic acid groups (broad SMARTS) is 1. The molecule has 6 heteroatoms. The maximum Gasteiger partial charge on any atom is 0.335 e. The molecule has 0 fully saturated rings. The van der Waals surface area contributed by atoms with Gasteiger partial charge in [0.1, 0.15) is 5.75 Å². The van der Waals surface area contributed by atoms with Gasteiger partial charge in [0.05, 0.1) is 12.2 Å². The van der Waals surface area contributed by atoms with Crippen LogP contribution in [-0.4, -0.2) is 30.3 Å². The zero-order chi connectivity index (χ0) is 19.9. The van der Waals surface area contributed by atoms with Gasteiger partial charge in [-0.3, -0.25) is 0 Å². The lowest BCUT2D eigenvalue weighted by Crippen LogP contribution is -2.30. The quantitative estimate of drug-likeness (QED) is 0.635. The summed E-state index contributed by atoms with van der Waals surface area (Å²) >= 11 is 0. The first-order valence-electron chi connectivity index (χ1n) is 8.87. The first-order chi connectivity index (χ1) is 12.8. The molecule has 2 amide bonds. The van der Waals surface area contributed by atoms with Crippen molar-refractivity contribution in [2.75, 3.05) is 18.5 Å². The second-order valence-electron chi connectivity index (χ2n) is 7.24. The molecule has 3 N–H and O–H groups in total. The molecule has 0 saturated heterocycles. The SMILES string of the molecule is CC(C)(C)c1ccc(OCCCNC(=O)Nc2cccc(C(=O)O)c2)cc1. The summed E-state index contributed by atoms with van der Waals surface area (Å²) in [5, 5.41) is 14.3. The number of carbonyl (C=O) groups excluding carboxylic acids is 1. The largest absolute Gasteiger partial charge is 0.494 e. The zero-order valence-corrected chi connectivity index (χ0v) is 15.9. The molecule has 0 aromatic heterocycles. The summed E-state index contributed by atoms with van der Waals surface area (Å²) < 4.78 is 5.68. The van der Waals surface area contributed by atoms with Crippen LogP contribution in [0.2, 0.25) is 0 Å². The Morgan fingerprint density at radius 1 is 1.07 bits per heavy atom.